The van der Waals surface area contributed by atoms with E-state index in [4.69, 9.17) is 4.74 Å². The summed E-state index contributed by atoms with van der Waals surface area (Å²) in [5.41, 5.74) is 1.21. The van der Waals surface area contributed by atoms with Crippen LogP contribution in [0.5, 0.6) is 0 Å². The molecule has 3 rings (SSSR count). The summed E-state index contributed by atoms with van der Waals surface area (Å²) in [7, 11) is 0. The maximum Gasteiger partial charge on any atom is 0.389 e. The number of fused-ring (bicyclic) bond motifs is 1. The van der Waals surface area contributed by atoms with Crippen LogP contribution in [0.15, 0.2) is 58.0 Å². The van der Waals surface area contributed by atoms with Crippen LogP contribution in [0, 0.1) is 11.8 Å². The van der Waals surface area contributed by atoms with E-state index in [1.54, 1.807) is 70.2 Å². The van der Waals surface area contributed by atoms with Gasteiger partial charge < -0.3 is 15.4 Å². The Kier molecular flexibility index (Phi) is 10.2. The Morgan fingerprint density at radius 1 is 1.05 bits per heavy atom. The van der Waals surface area contributed by atoms with Gasteiger partial charge in [-0.05, 0) is 55.6 Å². The third-order valence-corrected chi connectivity index (χ3v) is 6.88. The summed E-state index contributed by atoms with van der Waals surface area (Å²) in [6.45, 7) is 6.69. The molecule has 0 bridgehead atoms. The fourth-order valence-corrected chi connectivity index (χ4v) is 4.93. The number of para-hydroxylation sites is 1. The third-order valence-electron chi connectivity index (χ3n) is 6.22. The molecule has 2 aromatic rings. The van der Waals surface area contributed by atoms with Gasteiger partial charge in [-0.3, -0.25) is 14.4 Å². The van der Waals surface area contributed by atoms with Crippen LogP contribution in [0.4, 0.5) is 18.9 Å². The van der Waals surface area contributed by atoms with Crippen LogP contribution in [0.2, 0.25) is 0 Å². The van der Waals surface area contributed by atoms with Gasteiger partial charge in [0.15, 0.2) is 0 Å². The number of nitrogens with zero attached hydrogens (tertiary/aromatic N) is 1. The van der Waals surface area contributed by atoms with Crippen LogP contribution >= 0.6 is 15.9 Å². The summed E-state index contributed by atoms with van der Waals surface area (Å²) in [5.74, 6) is -4.84. The van der Waals surface area contributed by atoms with Crippen molar-refractivity contribution in [1.82, 2.24) is 5.32 Å². The van der Waals surface area contributed by atoms with Crippen LogP contribution in [0.1, 0.15) is 64.5 Å². The highest BCUT2D eigenvalue weighted by Gasteiger charge is 2.40. The first kappa shape index (κ1) is 31.3. The Morgan fingerprint density at radius 3 is 2.33 bits per heavy atom. The smallest absolute Gasteiger partial charge is 0.389 e. The minimum atomic E-state index is -4.55. The predicted molar refractivity (Wildman–Crippen MR) is 150 cm³/mol. The zero-order chi connectivity index (χ0) is 29.7. The number of amides is 2. The Bertz CT molecular complexity index is 1260. The normalized spacial score (nSPS) is 17.1. The van der Waals surface area contributed by atoms with Crippen LogP contribution < -0.4 is 10.6 Å². The van der Waals surface area contributed by atoms with Crippen LogP contribution in [0.3, 0.4) is 0 Å². The number of nitrogens with one attached hydrogen (secondary N) is 2. The van der Waals surface area contributed by atoms with Gasteiger partial charge in [-0.15, -0.1) is 0 Å². The molecule has 1 aliphatic heterocycles. The van der Waals surface area contributed by atoms with E-state index in [1.165, 1.54) is 0 Å². The summed E-state index contributed by atoms with van der Waals surface area (Å²) in [6, 6.07) is 14.3. The van der Waals surface area contributed by atoms with Crippen LogP contribution in [-0.4, -0.2) is 41.4 Å². The number of carbonyl (C=O) groups is 3. The van der Waals surface area contributed by atoms with Crippen molar-refractivity contribution in [2.24, 2.45) is 16.8 Å². The first-order chi connectivity index (χ1) is 18.7. The second kappa shape index (κ2) is 13.0. The van der Waals surface area contributed by atoms with E-state index >= 15 is 0 Å². The molecule has 1 unspecified atom stereocenters. The number of halogens is 4. The molecule has 216 valence electrons. The molecular formula is C29H33BrF3N3O4. The van der Waals surface area contributed by atoms with Crippen molar-refractivity contribution < 1.29 is 32.3 Å². The molecule has 3 atom stereocenters. The van der Waals surface area contributed by atoms with Gasteiger partial charge in [0.25, 0.3) is 5.91 Å². The number of rotatable bonds is 9. The molecule has 0 saturated carbocycles. The van der Waals surface area contributed by atoms with Gasteiger partial charge >= 0.3 is 12.1 Å². The summed E-state index contributed by atoms with van der Waals surface area (Å²) in [4.78, 5) is 44.5. The number of aliphatic imine (C=N–C) groups is 1. The molecule has 0 aromatic heterocycles. The van der Waals surface area contributed by atoms with E-state index in [0.29, 0.717) is 33.4 Å². The van der Waals surface area contributed by atoms with E-state index < -0.39 is 60.4 Å². The van der Waals surface area contributed by atoms with Crippen LogP contribution in [-0.2, 0) is 19.1 Å². The summed E-state index contributed by atoms with van der Waals surface area (Å²) >= 11 is 3.44. The molecule has 2 N–H and O–H groups in total. The maximum absolute atomic E-state index is 13.6. The molecule has 0 saturated heterocycles. The van der Waals surface area contributed by atoms with Gasteiger partial charge in [0.1, 0.15) is 5.60 Å². The number of anilines is 1. The second-order valence-corrected chi connectivity index (χ2v) is 11.4. The summed E-state index contributed by atoms with van der Waals surface area (Å²) < 4.78 is 45.8. The Balaban J connectivity index is 2.01. The van der Waals surface area contributed by atoms with Crippen molar-refractivity contribution in [3.05, 3.63) is 64.1 Å². The lowest BCUT2D eigenvalue weighted by Crippen LogP contribution is -2.48. The number of benzodiazepines with no additional fused rings is 1. The van der Waals surface area contributed by atoms with Crippen molar-refractivity contribution in [3.8, 4) is 0 Å². The highest BCUT2D eigenvalue weighted by molar-refractivity contribution is 9.10. The summed E-state index contributed by atoms with van der Waals surface area (Å²) in [5, 5.41) is 5.29. The van der Waals surface area contributed by atoms with Gasteiger partial charge in [0.05, 0.1) is 23.2 Å². The summed E-state index contributed by atoms with van der Waals surface area (Å²) in [6.07, 6.45) is -7.36. The zero-order valence-corrected chi connectivity index (χ0v) is 24.4. The van der Waals surface area contributed by atoms with Crippen molar-refractivity contribution in [2.75, 3.05) is 5.32 Å². The Labute approximate surface area is 240 Å². The minimum Gasteiger partial charge on any atom is -0.460 e. The molecular weight excluding hydrogens is 591 g/mol. The van der Waals surface area contributed by atoms with Gasteiger partial charge in [-0.2, -0.15) is 13.2 Å². The van der Waals surface area contributed by atoms with Crippen molar-refractivity contribution in [1.29, 1.82) is 0 Å². The zero-order valence-electron chi connectivity index (χ0n) is 22.8. The molecule has 1 heterocycles. The standard InChI is InChI=1S/C29H33BrF3N3O4/c1-5-10-19(27(39)40-28(2,3)4)18(15-16-29(31,32)33)25(37)36-24-26(38)35-23-20(13-9-14-21(23)30)22(34-24)17-11-7-6-8-12-17/h6-9,11-14,18-19,24H,5,10,15-16H2,1-4H3,(H,35,38)(H,36,37)/t18-,19+,24?/m1/s1. The van der Waals surface area contributed by atoms with Gasteiger partial charge in [-0.25, -0.2) is 4.99 Å². The fourth-order valence-electron chi connectivity index (χ4n) is 4.47. The quantitative estimate of drug-likeness (QED) is 0.316. The highest BCUT2D eigenvalue weighted by atomic mass is 79.9. The number of hydrogen-bond donors (Lipinski definition) is 2. The number of ether oxygens (including phenoxy) is 1. The molecule has 0 spiro atoms. The van der Waals surface area contributed by atoms with E-state index in [0.717, 1.165) is 0 Å². The second-order valence-electron chi connectivity index (χ2n) is 10.6. The third kappa shape index (κ3) is 8.39. The van der Waals surface area contributed by atoms with E-state index in [2.05, 4.69) is 31.6 Å². The fraction of sp³-hybridized carbons (Fsp3) is 0.448. The number of hydrogen-bond acceptors (Lipinski definition) is 5. The number of benzene rings is 2. The molecule has 7 nitrogen and oxygen atoms in total. The van der Waals surface area contributed by atoms with Gasteiger partial charge in [-0.1, -0.05) is 55.8 Å². The lowest BCUT2D eigenvalue weighted by Gasteiger charge is -2.29. The number of carbonyl (C=O) groups excluding carboxylic acids is 3. The maximum atomic E-state index is 13.6. The lowest BCUT2D eigenvalue weighted by molar-refractivity contribution is -0.167. The average Bonchev–Trinajstić information content (AvgIpc) is 2.99. The largest absolute Gasteiger partial charge is 0.460 e. The lowest BCUT2D eigenvalue weighted by atomic mass is 9.84. The molecule has 11 heteroatoms. The monoisotopic (exact) mass is 623 g/mol. The Morgan fingerprint density at radius 2 is 1.73 bits per heavy atom. The topological polar surface area (TPSA) is 96.9 Å². The van der Waals surface area contributed by atoms with Crippen molar-refractivity contribution >= 4 is 45.1 Å². The molecule has 2 aromatic carbocycles. The molecule has 2 amide bonds. The number of alkyl halides is 3. The van der Waals surface area contributed by atoms with E-state index in [-0.39, 0.29) is 6.42 Å². The SMILES string of the molecule is CCC[C@H](C(=O)OC(C)(C)C)[C@@H](CCC(F)(F)F)C(=O)NC1N=C(c2ccccc2)c2cccc(Br)c2NC1=O. The van der Waals surface area contributed by atoms with Gasteiger partial charge in [0, 0.05) is 22.0 Å². The minimum absolute atomic E-state index is 0.138. The molecule has 0 aliphatic carbocycles. The van der Waals surface area contributed by atoms with Crippen molar-refractivity contribution in [3.63, 3.8) is 0 Å². The molecule has 0 fully saturated rings. The van der Waals surface area contributed by atoms with Crippen LogP contribution in [0.25, 0.3) is 0 Å². The van der Waals surface area contributed by atoms with Crippen molar-refractivity contribution in [2.45, 2.75) is 71.3 Å². The Hall–Kier alpha value is -3.21. The first-order valence-electron chi connectivity index (χ1n) is 13.0. The van der Waals surface area contributed by atoms with E-state index in [1.807, 2.05) is 6.07 Å². The number of esters is 1. The average molecular weight is 624 g/mol. The highest BCUT2D eigenvalue weighted by Crippen LogP contribution is 2.33. The molecule has 40 heavy (non-hydrogen) atoms. The molecule has 0 radical (unpaired) electrons. The predicted octanol–water partition coefficient (Wildman–Crippen LogP) is 6.40. The molecule has 1 aliphatic rings. The van der Waals surface area contributed by atoms with E-state index in [9.17, 15) is 27.6 Å². The first-order valence-corrected chi connectivity index (χ1v) is 13.8. The van der Waals surface area contributed by atoms with Gasteiger partial charge in [0.2, 0.25) is 12.1 Å².